The summed E-state index contributed by atoms with van der Waals surface area (Å²) in [5.41, 5.74) is 3.07. The van der Waals surface area contributed by atoms with E-state index in [-0.39, 0.29) is 11.6 Å². The van der Waals surface area contributed by atoms with E-state index in [2.05, 4.69) is 36.7 Å². The molecule has 88 valence electrons. The molecule has 0 unspecified atom stereocenters. The zero-order chi connectivity index (χ0) is 12.4. The van der Waals surface area contributed by atoms with Gasteiger partial charge in [-0.25, -0.2) is 0 Å². The predicted molar refractivity (Wildman–Crippen MR) is 68.0 cm³/mol. The molecule has 1 amide bonds. The SMILES string of the molecule is Cc1cc(Br)cc(C)c1NC(=O)c1cn[nH]n1. The maximum absolute atomic E-state index is 11.8. The van der Waals surface area contributed by atoms with E-state index in [1.165, 1.54) is 6.20 Å². The van der Waals surface area contributed by atoms with Crippen LogP contribution in [-0.4, -0.2) is 21.3 Å². The van der Waals surface area contributed by atoms with Crippen molar-refractivity contribution in [1.82, 2.24) is 15.4 Å². The number of carbonyl (C=O) groups excluding carboxylic acids is 1. The second kappa shape index (κ2) is 4.67. The summed E-state index contributed by atoms with van der Waals surface area (Å²) in [6.07, 6.45) is 1.39. The largest absolute Gasteiger partial charge is 0.320 e. The number of halogens is 1. The third-order valence-electron chi connectivity index (χ3n) is 2.38. The molecule has 2 N–H and O–H groups in total. The normalized spacial score (nSPS) is 10.3. The van der Waals surface area contributed by atoms with Gasteiger partial charge in [0, 0.05) is 10.2 Å². The molecule has 1 aromatic carbocycles. The van der Waals surface area contributed by atoms with Crippen molar-refractivity contribution in [2.45, 2.75) is 13.8 Å². The number of aromatic amines is 1. The molecule has 0 spiro atoms. The van der Waals surface area contributed by atoms with E-state index in [1.54, 1.807) is 0 Å². The zero-order valence-electron chi connectivity index (χ0n) is 9.41. The summed E-state index contributed by atoms with van der Waals surface area (Å²) in [6, 6.07) is 3.90. The first-order valence-electron chi connectivity index (χ1n) is 5.02. The number of carbonyl (C=O) groups is 1. The summed E-state index contributed by atoms with van der Waals surface area (Å²) < 4.78 is 0.993. The van der Waals surface area contributed by atoms with Crippen molar-refractivity contribution in [3.63, 3.8) is 0 Å². The van der Waals surface area contributed by atoms with Crippen LogP contribution in [0.4, 0.5) is 5.69 Å². The molecular formula is C11H11BrN4O. The van der Waals surface area contributed by atoms with Gasteiger partial charge in [-0.05, 0) is 37.1 Å². The highest BCUT2D eigenvalue weighted by Gasteiger charge is 2.12. The van der Waals surface area contributed by atoms with E-state index in [0.29, 0.717) is 0 Å². The van der Waals surface area contributed by atoms with Gasteiger partial charge >= 0.3 is 0 Å². The molecule has 0 aliphatic carbocycles. The zero-order valence-corrected chi connectivity index (χ0v) is 11.0. The molecule has 0 saturated heterocycles. The summed E-state index contributed by atoms with van der Waals surface area (Å²) >= 11 is 3.41. The highest BCUT2D eigenvalue weighted by molar-refractivity contribution is 9.10. The maximum atomic E-state index is 11.8. The number of aryl methyl sites for hydroxylation is 2. The van der Waals surface area contributed by atoms with E-state index in [1.807, 2.05) is 26.0 Å². The van der Waals surface area contributed by atoms with E-state index in [9.17, 15) is 4.79 Å². The number of aromatic nitrogens is 3. The van der Waals surface area contributed by atoms with Crippen LogP contribution in [0.3, 0.4) is 0 Å². The van der Waals surface area contributed by atoms with Crippen LogP contribution in [0.15, 0.2) is 22.8 Å². The van der Waals surface area contributed by atoms with Gasteiger partial charge in [0.25, 0.3) is 5.91 Å². The molecular weight excluding hydrogens is 284 g/mol. The van der Waals surface area contributed by atoms with Crippen LogP contribution in [-0.2, 0) is 0 Å². The highest BCUT2D eigenvalue weighted by atomic mass is 79.9. The van der Waals surface area contributed by atoms with E-state index >= 15 is 0 Å². The fourth-order valence-corrected chi connectivity index (χ4v) is 2.28. The number of benzene rings is 1. The van der Waals surface area contributed by atoms with Crippen LogP contribution < -0.4 is 5.32 Å². The molecule has 1 aromatic heterocycles. The van der Waals surface area contributed by atoms with Crippen molar-refractivity contribution in [2.24, 2.45) is 0 Å². The van der Waals surface area contributed by atoms with E-state index in [4.69, 9.17) is 0 Å². The molecule has 2 rings (SSSR count). The number of hydrogen-bond acceptors (Lipinski definition) is 3. The van der Waals surface area contributed by atoms with Gasteiger partial charge in [0.2, 0.25) is 0 Å². The number of rotatable bonds is 2. The van der Waals surface area contributed by atoms with Gasteiger partial charge in [0.05, 0.1) is 6.20 Å². The minimum Gasteiger partial charge on any atom is -0.320 e. The first-order valence-corrected chi connectivity index (χ1v) is 5.81. The second-order valence-corrected chi connectivity index (χ2v) is 4.64. The van der Waals surface area contributed by atoms with Gasteiger partial charge < -0.3 is 5.32 Å². The monoisotopic (exact) mass is 294 g/mol. The molecule has 0 aliphatic rings. The van der Waals surface area contributed by atoms with E-state index < -0.39 is 0 Å². The Hall–Kier alpha value is -1.69. The Bertz CT molecular complexity index is 528. The fraction of sp³-hybridized carbons (Fsp3) is 0.182. The van der Waals surface area contributed by atoms with Crippen LogP contribution in [0.25, 0.3) is 0 Å². The molecule has 5 nitrogen and oxygen atoms in total. The molecule has 0 saturated carbocycles. The van der Waals surface area contributed by atoms with Crippen LogP contribution in [0.2, 0.25) is 0 Å². The molecule has 0 radical (unpaired) electrons. The topological polar surface area (TPSA) is 70.7 Å². The summed E-state index contributed by atoms with van der Waals surface area (Å²) in [4.78, 5) is 11.8. The van der Waals surface area contributed by atoms with Gasteiger partial charge in [0.1, 0.15) is 0 Å². The Balaban J connectivity index is 2.28. The Morgan fingerprint density at radius 1 is 1.35 bits per heavy atom. The Morgan fingerprint density at radius 2 is 2.00 bits per heavy atom. The third kappa shape index (κ3) is 2.52. The van der Waals surface area contributed by atoms with Gasteiger partial charge in [-0.3, -0.25) is 4.79 Å². The fourth-order valence-electron chi connectivity index (χ4n) is 1.60. The van der Waals surface area contributed by atoms with Crippen LogP contribution in [0, 0.1) is 13.8 Å². The van der Waals surface area contributed by atoms with Crippen molar-refractivity contribution in [2.75, 3.05) is 5.32 Å². The summed E-state index contributed by atoms with van der Waals surface area (Å²) in [6.45, 7) is 3.88. The van der Waals surface area contributed by atoms with Crippen molar-refractivity contribution in [3.05, 3.63) is 39.6 Å². The minimum atomic E-state index is -0.271. The van der Waals surface area contributed by atoms with Crippen LogP contribution in [0.5, 0.6) is 0 Å². The number of nitrogens with zero attached hydrogens (tertiary/aromatic N) is 2. The first-order chi connectivity index (χ1) is 8.08. The summed E-state index contributed by atoms with van der Waals surface area (Å²) in [5, 5.41) is 12.6. The maximum Gasteiger partial charge on any atom is 0.277 e. The predicted octanol–water partition coefficient (Wildman–Crippen LogP) is 2.44. The van der Waals surface area contributed by atoms with Crippen molar-refractivity contribution in [3.8, 4) is 0 Å². The lowest BCUT2D eigenvalue weighted by molar-refractivity contribution is 0.102. The van der Waals surface area contributed by atoms with Gasteiger partial charge in [-0.1, -0.05) is 15.9 Å². The molecule has 0 fully saturated rings. The van der Waals surface area contributed by atoms with Gasteiger partial charge in [0.15, 0.2) is 5.69 Å². The van der Waals surface area contributed by atoms with Crippen LogP contribution >= 0.6 is 15.9 Å². The quantitative estimate of drug-likeness (QED) is 0.894. The lowest BCUT2D eigenvalue weighted by Crippen LogP contribution is -2.14. The summed E-state index contributed by atoms with van der Waals surface area (Å²) in [5.74, 6) is -0.271. The molecule has 6 heteroatoms. The molecule has 1 heterocycles. The van der Waals surface area contributed by atoms with Crippen molar-refractivity contribution >= 4 is 27.5 Å². The molecule has 0 atom stereocenters. The summed E-state index contributed by atoms with van der Waals surface area (Å²) in [7, 11) is 0. The lowest BCUT2D eigenvalue weighted by Gasteiger charge is -2.11. The van der Waals surface area contributed by atoms with Crippen LogP contribution in [0.1, 0.15) is 21.6 Å². The number of H-pyrrole nitrogens is 1. The average Bonchev–Trinajstić information content (AvgIpc) is 2.76. The standard InChI is InChI=1S/C11H11BrN4O/c1-6-3-8(12)4-7(2)10(6)14-11(17)9-5-13-16-15-9/h3-5H,1-2H3,(H,14,17)(H,13,15,16). The Labute approximate surface area is 107 Å². The third-order valence-corrected chi connectivity index (χ3v) is 2.84. The van der Waals surface area contributed by atoms with Crippen molar-refractivity contribution in [1.29, 1.82) is 0 Å². The van der Waals surface area contributed by atoms with Gasteiger partial charge in [-0.2, -0.15) is 15.4 Å². The Kier molecular flexibility index (Phi) is 3.23. The second-order valence-electron chi connectivity index (χ2n) is 3.72. The molecule has 2 aromatic rings. The van der Waals surface area contributed by atoms with E-state index in [0.717, 1.165) is 21.3 Å². The number of nitrogens with one attached hydrogen (secondary N) is 2. The average molecular weight is 295 g/mol. The minimum absolute atomic E-state index is 0.270. The number of anilines is 1. The molecule has 0 aliphatic heterocycles. The van der Waals surface area contributed by atoms with Gasteiger partial charge in [-0.15, -0.1) is 0 Å². The Morgan fingerprint density at radius 3 is 2.53 bits per heavy atom. The highest BCUT2D eigenvalue weighted by Crippen LogP contribution is 2.25. The number of amides is 1. The number of hydrogen-bond donors (Lipinski definition) is 2. The molecule has 17 heavy (non-hydrogen) atoms. The van der Waals surface area contributed by atoms with Crippen molar-refractivity contribution < 1.29 is 4.79 Å². The smallest absolute Gasteiger partial charge is 0.277 e. The molecule has 0 bridgehead atoms. The lowest BCUT2D eigenvalue weighted by atomic mass is 10.1. The first kappa shape index (κ1) is 11.8.